The van der Waals surface area contributed by atoms with Gasteiger partial charge in [0.1, 0.15) is 5.78 Å². The molecule has 0 saturated carbocycles. The number of aliphatic hydroxyl groups is 2. The molecule has 0 radical (unpaired) electrons. The molecule has 1 saturated heterocycles. The summed E-state index contributed by atoms with van der Waals surface area (Å²) in [6, 6.07) is -0.360. The third kappa shape index (κ3) is 2.27. The summed E-state index contributed by atoms with van der Waals surface area (Å²) in [5.74, 6) is -0.0251. The van der Waals surface area contributed by atoms with Crippen LogP contribution in [-0.4, -0.2) is 52.7 Å². The fourth-order valence-electron chi connectivity index (χ4n) is 1.93. The van der Waals surface area contributed by atoms with E-state index in [2.05, 4.69) is 0 Å². The Morgan fingerprint density at radius 2 is 2.31 bits per heavy atom. The van der Waals surface area contributed by atoms with Crippen molar-refractivity contribution in [2.75, 3.05) is 19.8 Å². The van der Waals surface area contributed by atoms with Crippen LogP contribution in [0.4, 0.5) is 0 Å². The summed E-state index contributed by atoms with van der Waals surface area (Å²) in [5.41, 5.74) is 0. The van der Waals surface area contributed by atoms with Crippen LogP contribution in [0, 0.1) is 0 Å². The Kier molecular flexibility index (Phi) is 3.84. The van der Waals surface area contributed by atoms with Gasteiger partial charge in [0.15, 0.2) is 0 Å². The molecule has 1 aliphatic heterocycles. The lowest BCUT2D eigenvalue weighted by Gasteiger charge is -2.28. The first-order chi connectivity index (χ1) is 6.20. The van der Waals surface area contributed by atoms with Crippen molar-refractivity contribution in [3.8, 4) is 0 Å². The van der Waals surface area contributed by atoms with Gasteiger partial charge in [0.2, 0.25) is 0 Å². The summed E-state index contributed by atoms with van der Waals surface area (Å²) >= 11 is 0. The van der Waals surface area contributed by atoms with Crippen LogP contribution in [0.2, 0.25) is 0 Å². The molecule has 2 atom stereocenters. The van der Waals surface area contributed by atoms with Crippen molar-refractivity contribution in [3.05, 3.63) is 0 Å². The van der Waals surface area contributed by atoms with E-state index < -0.39 is 6.04 Å². The minimum atomic E-state index is -0.417. The third-order valence-electron chi connectivity index (χ3n) is 2.68. The van der Waals surface area contributed by atoms with E-state index in [4.69, 9.17) is 10.2 Å². The van der Waals surface area contributed by atoms with Gasteiger partial charge in [-0.2, -0.15) is 0 Å². The lowest BCUT2D eigenvalue weighted by atomic mass is 10.1. The first-order valence-electron chi connectivity index (χ1n) is 4.68. The Labute approximate surface area is 78.2 Å². The zero-order valence-corrected chi connectivity index (χ0v) is 7.94. The number of carbonyl (C=O) groups excluding carboxylic acids is 1. The summed E-state index contributed by atoms with van der Waals surface area (Å²) < 4.78 is 0. The quantitative estimate of drug-likeness (QED) is 0.616. The van der Waals surface area contributed by atoms with Crippen molar-refractivity contribution in [2.24, 2.45) is 0 Å². The highest BCUT2D eigenvalue weighted by molar-refractivity contribution is 5.81. The molecule has 0 aromatic carbocycles. The molecular weight excluding hydrogens is 170 g/mol. The molecule has 4 nitrogen and oxygen atoms in total. The van der Waals surface area contributed by atoms with E-state index in [0.29, 0.717) is 0 Å². The number of nitrogens with zero attached hydrogens (tertiary/aromatic N) is 1. The van der Waals surface area contributed by atoms with Gasteiger partial charge in [-0.1, -0.05) is 0 Å². The number of carbonyl (C=O) groups is 1. The van der Waals surface area contributed by atoms with Gasteiger partial charge in [0, 0.05) is 6.04 Å². The number of hydrogen-bond donors (Lipinski definition) is 2. The van der Waals surface area contributed by atoms with E-state index in [1.54, 1.807) is 0 Å². The summed E-state index contributed by atoms with van der Waals surface area (Å²) in [4.78, 5) is 13.0. The molecule has 1 heterocycles. The van der Waals surface area contributed by atoms with Crippen LogP contribution in [0.3, 0.4) is 0 Å². The fourth-order valence-corrected chi connectivity index (χ4v) is 1.93. The van der Waals surface area contributed by atoms with E-state index >= 15 is 0 Å². The summed E-state index contributed by atoms with van der Waals surface area (Å²) in [5, 5.41) is 18.1. The van der Waals surface area contributed by atoms with Crippen molar-refractivity contribution >= 4 is 5.78 Å². The third-order valence-corrected chi connectivity index (χ3v) is 2.68. The summed E-state index contributed by atoms with van der Waals surface area (Å²) in [7, 11) is 0. The number of hydrogen-bond acceptors (Lipinski definition) is 4. The Morgan fingerprint density at radius 3 is 2.77 bits per heavy atom. The number of ketones is 1. The van der Waals surface area contributed by atoms with Crippen molar-refractivity contribution in [1.29, 1.82) is 0 Å². The second-order valence-corrected chi connectivity index (χ2v) is 3.53. The van der Waals surface area contributed by atoms with E-state index in [9.17, 15) is 4.79 Å². The van der Waals surface area contributed by atoms with Gasteiger partial charge in [0.25, 0.3) is 0 Å². The minimum absolute atomic E-state index is 0.0251. The Morgan fingerprint density at radius 1 is 1.62 bits per heavy atom. The van der Waals surface area contributed by atoms with Gasteiger partial charge in [-0.15, -0.1) is 0 Å². The van der Waals surface area contributed by atoms with Gasteiger partial charge in [-0.3, -0.25) is 9.69 Å². The van der Waals surface area contributed by atoms with E-state index in [-0.39, 0.29) is 25.0 Å². The Bertz CT molecular complexity index is 184. The van der Waals surface area contributed by atoms with Crippen LogP contribution in [0.15, 0.2) is 0 Å². The Hall–Kier alpha value is -0.450. The van der Waals surface area contributed by atoms with E-state index in [0.717, 1.165) is 19.4 Å². The van der Waals surface area contributed by atoms with Crippen molar-refractivity contribution in [2.45, 2.75) is 31.8 Å². The fraction of sp³-hybridized carbons (Fsp3) is 0.889. The van der Waals surface area contributed by atoms with Gasteiger partial charge >= 0.3 is 0 Å². The molecule has 0 amide bonds. The molecule has 0 bridgehead atoms. The lowest BCUT2D eigenvalue weighted by Crippen LogP contribution is -2.46. The second kappa shape index (κ2) is 4.69. The van der Waals surface area contributed by atoms with Gasteiger partial charge < -0.3 is 10.2 Å². The molecule has 1 aliphatic rings. The van der Waals surface area contributed by atoms with Gasteiger partial charge in [-0.05, 0) is 26.3 Å². The maximum atomic E-state index is 11.1. The molecule has 0 spiro atoms. The standard InChI is InChI=1S/C9H17NO3/c1-7(13)9(6-12)10-4-2-3-8(10)5-11/h8-9,11-12H,2-6H2,1H3/t8?,9-/m0/s1. The van der Waals surface area contributed by atoms with Gasteiger partial charge in [0.05, 0.1) is 19.3 Å². The van der Waals surface area contributed by atoms with Crippen molar-refractivity contribution in [1.82, 2.24) is 4.90 Å². The average Bonchev–Trinajstić information content (AvgIpc) is 2.53. The van der Waals surface area contributed by atoms with Crippen LogP contribution in [0.1, 0.15) is 19.8 Å². The highest BCUT2D eigenvalue weighted by Gasteiger charge is 2.31. The second-order valence-electron chi connectivity index (χ2n) is 3.53. The normalized spacial score (nSPS) is 26.2. The molecule has 13 heavy (non-hydrogen) atoms. The van der Waals surface area contributed by atoms with Crippen molar-refractivity contribution < 1.29 is 15.0 Å². The zero-order valence-electron chi connectivity index (χ0n) is 7.94. The minimum Gasteiger partial charge on any atom is -0.395 e. The van der Waals surface area contributed by atoms with Crippen molar-refractivity contribution in [3.63, 3.8) is 0 Å². The number of likely N-dealkylation sites (tertiary alicyclic amines) is 1. The van der Waals surface area contributed by atoms with E-state index in [1.807, 2.05) is 4.90 Å². The van der Waals surface area contributed by atoms with Crippen LogP contribution in [0.25, 0.3) is 0 Å². The molecular formula is C9H17NO3. The van der Waals surface area contributed by atoms with Crippen LogP contribution < -0.4 is 0 Å². The largest absolute Gasteiger partial charge is 0.395 e. The van der Waals surface area contributed by atoms with Crippen LogP contribution in [0.5, 0.6) is 0 Å². The molecule has 0 aromatic heterocycles. The predicted octanol–water partition coefficient (Wildman–Crippen LogP) is -0.607. The zero-order chi connectivity index (χ0) is 9.84. The van der Waals surface area contributed by atoms with Crippen LogP contribution in [-0.2, 0) is 4.79 Å². The van der Waals surface area contributed by atoms with Gasteiger partial charge in [-0.25, -0.2) is 0 Å². The molecule has 4 heteroatoms. The van der Waals surface area contributed by atoms with E-state index in [1.165, 1.54) is 6.92 Å². The molecule has 2 N–H and O–H groups in total. The first-order valence-corrected chi connectivity index (χ1v) is 4.68. The summed E-state index contributed by atoms with van der Waals surface area (Å²) in [6.07, 6.45) is 1.91. The number of Topliss-reactive ketones (excluding diaryl/α,β-unsaturated/α-hetero) is 1. The predicted molar refractivity (Wildman–Crippen MR) is 48.4 cm³/mol. The SMILES string of the molecule is CC(=O)[C@H](CO)N1CCCC1CO. The molecule has 0 aromatic rings. The smallest absolute Gasteiger partial charge is 0.149 e. The maximum Gasteiger partial charge on any atom is 0.149 e. The topological polar surface area (TPSA) is 60.8 Å². The average molecular weight is 187 g/mol. The highest BCUT2D eigenvalue weighted by atomic mass is 16.3. The summed E-state index contributed by atoms with van der Waals surface area (Å²) in [6.45, 7) is 2.21. The number of aliphatic hydroxyl groups excluding tert-OH is 2. The number of rotatable bonds is 4. The first kappa shape index (κ1) is 10.6. The molecule has 76 valence electrons. The molecule has 1 fully saturated rings. The maximum absolute atomic E-state index is 11.1. The molecule has 0 aliphatic carbocycles. The highest BCUT2D eigenvalue weighted by Crippen LogP contribution is 2.19. The lowest BCUT2D eigenvalue weighted by molar-refractivity contribution is -0.124. The Balaban J connectivity index is 2.61. The molecule has 1 unspecified atom stereocenters. The molecule has 1 rings (SSSR count). The van der Waals surface area contributed by atoms with Crippen LogP contribution >= 0.6 is 0 Å². The monoisotopic (exact) mass is 187 g/mol.